The van der Waals surface area contributed by atoms with Gasteiger partial charge in [-0.2, -0.15) is 0 Å². The van der Waals surface area contributed by atoms with Crippen LogP contribution >= 0.6 is 21.6 Å². The second-order valence-corrected chi connectivity index (χ2v) is 15.6. The van der Waals surface area contributed by atoms with Gasteiger partial charge in [-0.25, -0.2) is 12.7 Å². The number of aryl methyl sites for hydroxylation is 1. The number of carbonyl (C=O) groups excluding carboxylic acids is 2. The summed E-state index contributed by atoms with van der Waals surface area (Å²) in [6, 6.07) is 23.7. The number of nitrogens with zero attached hydrogens (tertiary/aromatic N) is 6. The molecule has 0 aliphatic carbocycles. The highest BCUT2D eigenvalue weighted by atomic mass is 33.1. The summed E-state index contributed by atoms with van der Waals surface area (Å²) in [5.74, 6) is -0.446. The first-order chi connectivity index (χ1) is 20.8. The van der Waals surface area contributed by atoms with E-state index in [0.717, 1.165) is 16.7 Å². The molecule has 2 bridgehead atoms. The van der Waals surface area contributed by atoms with Crippen molar-refractivity contribution >= 4 is 49.1 Å². The summed E-state index contributed by atoms with van der Waals surface area (Å²) in [5.41, 5.74) is 10.8. The van der Waals surface area contributed by atoms with Crippen LogP contribution in [0, 0.1) is 6.92 Å². The fraction of sp³-hybridized carbons (Fsp3) is 0.333. The smallest absolute Gasteiger partial charge is 0.266 e. The molecule has 1 spiro atoms. The highest BCUT2D eigenvalue weighted by Crippen LogP contribution is 2.69. The van der Waals surface area contributed by atoms with Crippen LogP contribution in [0.5, 0.6) is 0 Å². The van der Waals surface area contributed by atoms with E-state index in [1.54, 1.807) is 46.2 Å². The van der Waals surface area contributed by atoms with Crippen molar-refractivity contribution in [2.45, 2.75) is 52.9 Å². The van der Waals surface area contributed by atoms with Crippen LogP contribution < -0.4 is 4.31 Å². The van der Waals surface area contributed by atoms with E-state index >= 15 is 0 Å². The third-order valence-corrected chi connectivity index (χ3v) is 13.8. The lowest BCUT2D eigenvalue weighted by atomic mass is 9.72. The van der Waals surface area contributed by atoms with Crippen molar-refractivity contribution in [1.82, 2.24) is 9.80 Å². The molecular weight excluding hydrogens is 605 g/mol. The summed E-state index contributed by atoms with van der Waals surface area (Å²) in [5, 5.41) is 2.80. The van der Waals surface area contributed by atoms with Crippen LogP contribution in [0.2, 0.25) is 0 Å². The number of azide groups is 1. The second-order valence-electron chi connectivity index (χ2n) is 11.2. The number of benzene rings is 3. The molecule has 3 aromatic carbocycles. The van der Waals surface area contributed by atoms with Crippen molar-refractivity contribution in [3.8, 4) is 0 Å². The predicted molar refractivity (Wildman–Crippen MR) is 166 cm³/mol. The zero-order valence-corrected chi connectivity index (χ0v) is 25.7. The number of piperazine rings is 1. The zero-order valence-electron chi connectivity index (χ0n) is 23.2. The Kier molecular flexibility index (Phi) is 6.69. The van der Waals surface area contributed by atoms with Crippen LogP contribution in [0.25, 0.3) is 10.4 Å². The summed E-state index contributed by atoms with van der Waals surface area (Å²) in [6.45, 7) is 2.66. The molecular formula is C30H28N6O4S3. The van der Waals surface area contributed by atoms with Crippen LogP contribution in [0.15, 0.2) is 88.9 Å². The quantitative estimate of drug-likeness (QED) is 0.108. The normalized spacial score (nSPS) is 27.1. The third kappa shape index (κ3) is 3.88. The number of para-hydroxylation sites is 1. The summed E-state index contributed by atoms with van der Waals surface area (Å²) < 4.78 is 30.5. The van der Waals surface area contributed by atoms with E-state index in [9.17, 15) is 18.0 Å². The number of amides is 2. The molecule has 0 saturated carbocycles. The first kappa shape index (κ1) is 28.1. The number of anilines is 1. The molecule has 2 amide bonds. The van der Waals surface area contributed by atoms with Crippen LogP contribution in [0.1, 0.15) is 36.0 Å². The Morgan fingerprint density at radius 2 is 1.72 bits per heavy atom. The molecule has 10 nitrogen and oxygen atoms in total. The highest BCUT2D eigenvalue weighted by Gasteiger charge is 2.77. The monoisotopic (exact) mass is 632 g/mol. The molecule has 5 aliphatic rings. The fourth-order valence-corrected chi connectivity index (χ4v) is 12.1. The van der Waals surface area contributed by atoms with Crippen molar-refractivity contribution in [1.29, 1.82) is 0 Å². The van der Waals surface area contributed by atoms with Gasteiger partial charge in [0.25, 0.3) is 21.8 Å². The lowest BCUT2D eigenvalue weighted by Crippen LogP contribution is -2.72. The molecule has 4 saturated heterocycles. The van der Waals surface area contributed by atoms with Crippen LogP contribution in [0.4, 0.5) is 5.69 Å². The molecule has 4 atom stereocenters. The minimum absolute atomic E-state index is 0.120. The Labute approximate surface area is 257 Å². The Hall–Kier alpha value is -3.64. The SMILES string of the molecule is Cc1ccc([C@]23C[C@@]45SS[C@@H](C(=O)N4[C@H]2N(S(=O)(=O)c2ccccc2)c2ccccc23)N(CCCCN=[N+]=[N-])C5=O)cc1. The standard InChI is InChI=1S/C30H28N6O4S3/c1-20-13-15-21(16-14-20)29-19-30-28(38)34(18-8-7-17-32-33-31)26(41-42-30)25(37)35(30)27(29)36(24-12-6-5-11-23(24)29)43(39,40)22-9-3-2-4-10-22/h2-6,9-16,26-27H,7-8,17-19H2,1H3/t26-,27-,29-,30-/m0/s1. The number of rotatable bonds is 8. The summed E-state index contributed by atoms with van der Waals surface area (Å²) in [7, 11) is -1.41. The van der Waals surface area contributed by atoms with E-state index in [1.807, 2.05) is 49.4 Å². The molecule has 3 aromatic rings. The minimum atomic E-state index is -4.15. The predicted octanol–water partition coefficient (Wildman–Crippen LogP) is 5.40. The first-order valence-electron chi connectivity index (χ1n) is 14.0. The Morgan fingerprint density at radius 1 is 1.00 bits per heavy atom. The van der Waals surface area contributed by atoms with Crippen LogP contribution in [-0.4, -0.2) is 59.5 Å². The van der Waals surface area contributed by atoms with Crippen LogP contribution in [0.3, 0.4) is 0 Å². The molecule has 43 heavy (non-hydrogen) atoms. The average molecular weight is 633 g/mol. The van der Waals surface area contributed by atoms with Gasteiger partial charge in [-0.05, 0) is 54.6 Å². The van der Waals surface area contributed by atoms with E-state index in [-0.39, 0.29) is 23.1 Å². The molecule has 220 valence electrons. The second kappa shape index (κ2) is 10.2. The number of unbranched alkanes of at least 4 members (excludes halogenated alkanes) is 1. The van der Waals surface area contributed by atoms with Crippen LogP contribution in [-0.2, 0) is 25.0 Å². The van der Waals surface area contributed by atoms with Crippen molar-refractivity contribution in [3.05, 3.63) is 106 Å². The van der Waals surface area contributed by atoms with Crippen molar-refractivity contribution in [2.24, 2.45) is 5.11 Å². The van der Waals surface area contributed by atoms with Gasteiger partial charge < -0.3 is 4.90 Å². The summed E-state index contributed by atoms with van der Waals surface area (Å²) in [6.07, 6.45) is 0.433. The largest absolute Gasteiger partial charge is 0.318 e. The molecule has 0 unspecified atom stereocenters. The highest BCUT2D eigenvalue weighted by molar-refractivity contribution is 8.78. The van der Waals surface area contributed by atoms with Gasteiger partial charge in [-0.3, -0.25) is 14.5 Å². The van der Waals surface area contributed by atoms with Crippen molar-refractivity contribution in [2.75, 3.05) is 17.4 Å². The van der Waals surface area contributed by atoms with Gasteiger partial charge in [0, 0.05) is 24.4 Å². The lowest BCUT2D eigenvalue weighted by Gasteiger charge is -2.54. The molecule has 4 fully saturated rings. The Morgan fingerprint density at radius 3 is 2.47 bits per heavy atom. The molecule has 5 aliphatic heterocycles. The topological polar surface area (TPSA) is 127 Å². The van der Waals surface area contributed by atoms with E-state index in [4.69, 9.17) is 5.53 Å². The zero-order chi connectivity index (χ0) is 30.0. The van der Waals surface area contributed by atoms with E-state index in [0.29, 0.717) is 31.6 Å². The lowest BCUT2D eigenvalue weighted by molar-refractivity contribution is -0.159. The maximum Gasteiger partial charge on any atom is 0.266 e. The summed E-state index contributed by atoms with van der Waals surface area (Å²) >= 11 is 0. The van der Waals surface area contributed by atoms with Gasteiger partial charge >= 0.3 is 0 Å². The number of fused-ring (bicyclic) bond motifs is 5. The Balaban J connectivity index is 1.42. The minimum Gasteiger partial charge on any atom is -0.318 e. The van der Waals surface area contributed by atoms with Gasteiger partial charge in [0.15, 0.2) is 10.2 Å². The van der Waals surface area contributed by atoms with Gasteiger partial charge in [-0.15, -0.1) is 0 Å². The number of sulfonamides is 1. The Bertz CT molecular complexity index is 1780. The third-order valence-electron chi connectivity index (χ3n) is 8.88. The maximum absolute atomic E-state index is 14.6. The molecule has 13 heteroatoms. The number of hydrogen-bond acceptors (Lipinski definition) is 7. The number of carbonyl (C=O) groups is 2. The molecule has 0 N–H and O–H groups in total. The van der Waals surface area contributed by atoms with Gasteiger partial charge in [-0.1, -0.05) is 92.9 Å². The molecule has 8 rings (SSSR count). The molecule has 0 aromatic heterocycles. The van der Waals surface area contributed by atoms with Gasteiger partial charge in [0.2, 0.25) is 0 Å². The fourth-order valence-electron chi connectivity index (χ4n) is 7.02. The molecule has 0 radical (unpaired) electrons. The van der Waals surface area contributed by atoms with Gasteiger partial charge in [0.05, 0.1) is 16.0 Å². The van der Waals surface area contributed by atoms with Crippen molar-refractivity contribution < 1.29 is 18.0 Å². The molecule has 5 heterocycles. The first-order valence-corrected chi connectivity index (χ1v) is 17.7. The van der Waals surface area contributed by atoms with E-state index < -0.39 is 31.8 Å². The maximum atomic E-state index is 14.6. The summed E-state index contributed by atoms with van der Waals surface area (Å²) in [4.78, 5) is 33.8. The van der Waals surface area contributed by atoms with E-state index in [1.165, 1.54) is 25.9 Å². The average Bonchev–Trinajstić information content (AvgIpc) is 3.48. The van der Waals surface area contributed by atoms with Crippen molar-refractivity contribution in [3.63, 3.8) is 0 Å². The van der Waals surface area contributed by atoms with E-state index in [2.05, 4.69) is 10.0 Å². The number of hydrogen-bond donors (Lipinski definition) is 0. The van der Waals surface area contributed by atoms with Gasteiger partial charge in [0.1, 0.15) is 6.17 Å².